The zero-order valence-electron chi connectivity index (χ0n) is 29.4. The number of benzene rings is 2. The molecule has 16 heteroatoms. The Kier molecular flexibility index (Phi) is 8.58. The zero-order valence-corrected chi connectivity index (χ0v) is 31.1. The predicted molar refractivity (Wildman–Crippen MR) is 201 cm³/mol. The lowest BCUT2D eigenvalue weighted by atomic mass is 9.92. The van der Waals surface area contributed by atoms with E-state index in [1.165, 1.54) is 18.4 Å². The highest BCUT2D eigenvalue weighted by molar-refractivity contribution is 7.90. The summed E-state index contributed by atoms with van der Waals surface area (Å²) in [5.41, 5.74) is 13.6. The van der Waals surface area contributed by atoms with Crippen molar-refractivity contribution in [1.29, 1.82) is 5.26 Å². The van der Waals surface area contributed by atoms with Gasteiger partial charge in [-0.15, -0.1) is 11.3 Å². The molecule has 0 amide bonds. The van der Waals surface area contributed by atoms with Crippen LogP contribution in [-0.2, 0) is 9.84 Å². The molecule has 0 spiro atoms. The van der Waals surface area contributed by atoms with Crippen LogP contribution in [0.1, 0.15) is 55.3 Å². The maximum absolute atomic E-state index is 17.5. The van der Waals surface area contributed by atoms with Crippen LogP contribution in [0, 0.1) is 29.9 Å². The predicted octanol–water partition coefficient (Wildman–Crippen LogP) is 5.91. The van der Waals surface area contributed by atoms with Gasteiger partial charge >= 0.3 is 6.01 Å². The quantitative estimate of drug-likeness (QED) is 0.192. The highest BCUT2D eigenvalue weighted by atomic mass is 32.2. The van der Waals surface area contributed by atoms with Crippen molar-refractivity contribution in [3.63, 3.8) is 0 Å². The van der Waals surface area contributed by atoms with Gasteiger partial charge in [0, 0.05) is 40.6 Å². The van der Waals surface area contributed by atoms with Gasteiger partial charge in [0.25, 0.3) is 0 Å². The van der Waals surface area contributed by atoms with Gasteiger partial charge in [-0.3, -0.25) is 4.90 Å². The number of nitrogen functional groups attached to an aromatic ring is 2. The van der Waals surface area contributed by atoms with Crippen molar-refractivity contribution in [2.45, 2.75) is 57.2 Å². The maximum atomic E-state index is 17.5. The number of rotatable bonds is 8. The molecule has 53 heavy (non-hydrogen) atoms. The van der Waals surface area contributed by atoms with Crippen molar-refractivity contribution in [2.75, 3.05) is 54.7 Å². The molecular weight excluding hydrogens is 723 g/mol. The van der Waals surface area contributed by atoms with E-state index in [1.54, 1.807) is 19.2 Å². The molecule has 0 saturated carbocycles. The van der Waals surface area contributed by atoms with Crippen molar-refractivity contribution >= 4 is 58.8 Å². The molecule has 2 aromatic carbocycles. The van der Waals surface area contributed by atoms with E-state index >= 15 is 8.78 Å². The molecule has 3 aromatic heterocycles. The molecule has 0 aliphatic carbocycles. The summed E-state index contributed by atoms with van der Waals surface area (Å²) in [5.74, 6) is -0.132. The Balaban J connectivity index is 1.31. The molecule has 12 nitrogen and oxygen atoms in total. The lowest BCUT2D eigenvalue weighted by Gasteiger charge is -2.34. The minimum absolute atomic E-state index is 0.0556. The van der Waals surface area contributed by atoms with Crippen LogP contribution in [0.2, 0.25) is 0 Å². The average molecular weight is 761 g/mol. The molecule has 6 heterocycles. The Labute approximate surface area is 309 Å². The van der Waals surface area contributed by atoms with Crippen molar-refractivity contribution < 1.29 is 26.7 Å². The number of sulfone groups is 1. The summed E-state index contributed by atoms with van der Waals surface area (Å²) in [5, 5.41) is 10.7. The number of hydrogen-bond donors (Lipinski definition) is 2. The van der Waals surface area contributed by atoms with Crippen LogP contribution in [0.25, 0.3) is 32.1 Å². The Morgan fingerprint density at radius 2 is 2.00 bits per heavy atom. The smallest absolute Gasteiger partial charge is 0.319 e. The number of hydrogen-bond acceptors (Lipinski definition) is 13. The number of ether oxygens (including phenoxy) is 2. The Morgan fingerprint density at radius 1 is 1.19 bits per heavy atom. The number of pyridine rings is 1. The molecular formula is C37H38F2N8O4S2. The third-order valence-electron chi connectivity index (χ3n) is 11.1. The van der Waals surface area contributed by atoms with Gasteiger partial charge in [0.05, 0.1) is 39.5 Å². The Bertz CT molecular complexity index is 2470. The second-order valence-electron chi connectivity index (χ2n) is 14.2. The highest BCUT2D eigenvalue weighted by Crippen LogP contribution is 2.50. The van der Waals surface area contributed by atoms with E-state index in [4.69, 9.17) is 30.9 Å². The summed E-state index contributed by atoms with van der Waals surface area (Å²) < 4.78 is 70.1. The molecule has 276 valence electrons. The van der Waals surface area contributed by atoms with Gasteiger partial charge in [-0.25, -0.2) is 22.2 Å². The molecule has 0 radical (unpaired) electrons. The Morgan fingerprint density at radius 3 is 2.75 bits per heavy atom. The first kappa shape index (κ1) is 35.2. The van der Waals surface area contributed by atoms with Crippen LogP contribution < -0.4 is 25.8 Å². The van der Waals surface area contributed by atoms with Crippen molar-refractivity contribution in [3.8, 4) is 29.0 Å². The first-order valence-corrected chi connectivity index (χ1v) is 20.3. The maximum Gasteiger partial charge on any atom is 0.319 e. The highest BCUT2D eigenvalue weighted by Gasteiger charge is 2.50. The van der Waals surface area contributed by atoms with E-state index in [-0.39, 0.29) is 74.4 Å². The molecule has 2 fully saturated rings. The fourth-order valence-electron chi connectivity index (χ4n) is 8.68. The van der Waals surface area contributed by atoms with E-state index in [0.29, 0.717) is 34.9 Å². The minimum Gasteiger partial charge on any atom is -0.491 e. The van der Waals surface area contributed by atoms with Gasteiger partial charge in [-0.05, 0) is 63.8 Å². The van der Waals surface area contributed by atoms with Crippen LogP contribution in [0.5, 0.6) is 11.8 Å². The van der Waals surface area contributed by atoms with Gasteiger partial charge < -0.3 is 25.8 Å². The lowest BCUT2D eigenvalue weighted by Crippen LogP contribution is -2.48. The number of anilines is 3. The van der Waals surface area contributed by atoms with Crippen LogP contribution in [0.4, 0.5) is 25.4 Å². The minimum atomic E-state index is -3.19. The van der Waals surface area contributed by atoms with E-state index in [9.17, 15) is 13.7 Å². The number of fused-ring (bicyclic) bond motifs is 2. The van der Waals surface area contributed by atoms with Crippen LogP contribution >= 0.6 is 11.3 Å². The molecule has 4 N–H and O–H groups in total. The molecule has 3 aliphatic heterocycles. The normalized spacial score (nSPS) is 20.7. The molecule has 5 aromatic rings. The first-order valence-electron chi connectivity index (χ1n) is 17.4. The number of aromatic nitrogens is 3. The van der Waals surface area contributed by atoms with Gasteiger partial charge in [0.15, 0.2) is 5.82 Å². The lowest BCUT2D eigenvalue weighted by molar-refractivity contribution is 0.0895. The first-order chi connectivity index (χ1) is 25.3. The standard InChI is InChI=1S/C37H38F2N8O4S2/c1-19-26(23-7-8-25(38)32-27(23)24(16-40)34(42)52-32)29(39)30-28-31(19)50-15-14-46(20(2)22-6-4-12-43-33(22)41)35(28)45-36(44-30)51-18-37-10-5-13-47(37)21(9-11-37)17-53(3,48)49/h4,6-8,12,20-21H,5,9-11,13-15,17-18,42H2,1-3H3,(H2,41,43)/t20-,21+,37+/m1/s1. The van der Waals surface area contributed by atoms with Gasteiger partial charge in [-0.1, -0.05) is 12.1 Å². The second-order valence-corrected chi connectivity index (χ2v) is 17.5. The summed E-state index contributed by atoms with van der Waals surface area (Å²) in [7, 11) is -3.19. The third-order valence-corrected chi connectivity index (χ3v) is 13.1. The SMILES string of the molecule is Cc1c(-c2ccc(F)c3sc(N)c(C#N)c23)c(F)c2nc(OC[C@@]34CCCN3[C@H](CS(C)(=O)=O)CC4)nc3c2c1OCCN3[C@H](C)c1cccnc1N. The molecule has 2 saturated heterocycles. The molecule has 3 aliphatic rings. The summed E-state index contributed by atoms with van der Waals surface area (Å²) in [6.45, 7) is 5.17. The number of halogens is 2. The monoisotopic (exact) mass is 760 g/mol. The number of nitrogens with zero attached hydrogens (tertiary/aromatic N) is 6. The molecule has 8 rings (SSSR count). The van der Waals surface area contributed by atoms with Crippen molar-refractivity contribution in [1.82, 2.24) is 19.9 Å². The van der Waals surface area contributed by atoms with Gasteiger partial charge in [-0.2, -0.15) is 15.2 Å². The van der Waals surface area contributed by atoms with Crippen molar-refractivity contribution in [2.24, 2.45) is 0 Å². The van der Waals surface area contributed by atoms with Crippen molar-refractivity contribution in [3.05, 3.63) is 58.8 Å². The van der Waals surface area contributed by atoms with Gasteiger partial charge in [0.1, 0.15) is 62.8 Å². The van der Waals surface area contributed by atoms with E-state index in [2.05, 4.69) is 16.0 Å². The largest absolute Gasteiger partial charge is 0.491 e. The summed E-state index contributed by atoms with van der Waals surface area (Å²) >= 11 is 0.936. The van der Waals surface area contributed by atoms with Crippen LogP contribution in [0.15, 0.2) is 30.5 Å². The topological polar surface area (TPSA) is 174 Å². The number of nitriles is 1. The molecule has 3 atom stereocenters. The zero-order chi connectivity index (χ0) is 37.4. The average Bonchev–Trinajstić information content (AvgIpc) is 3.75. The molecule has 0 bridgehead atoms. The third kappa shape index (κ3) is 5.76. The van der Waals surface area contributed by atoms with Crippen LogP contribution in [-0.4, -0.2) is 78.2 Å². The van der Waals surface area contributed by atoms with Crippen LogP contribution in [0.3, 0.4) is 0 Å². The fourth-order valence-corrected chi connectivity index (χ4v) is 10.7. The Hall–Kier alpha value is -4.85. The van der Waals surface area contributed by atoms with E-state index in [0.717, 1.165) is 49.1 Å². The van der Waals surface area contributed by atoms with Gasteiger partial charge in [0.2, 0.25) is 0 Å². The van der Waals surface area contributed by atoms with E-state index < -0.39 is 27.0 Å². The van der Waals surface area contributed by atoms with E-state index in [1.807, 2.05) is 17.9 Å². The summed E-state index contributed by atoms with van der Waals surface area (Å²) in [6, 6.07) is 7.90. The number of nitrogens with two attached hydrogens (primary N) is 2. The number of thiophene rings is 1. The second kappa shape index (κ2) is 12.9. The summed E-state index contributed by atoms with van der Waals surface area (Å²) in [6.07, 6.45) is 6.06. The molecule has 0 unspecified atom stereocenters. The fraction of sp³-hybridized carbons (Fsp3) is 0.405. The summed E-state index contributed by atoms with van der Waals surface area (Å²) in [4.78, 5) is 18.1.